The SMILES string of the molecule is CC(C)(CCc1cc(-c2cn3nc(-c4cccnc4C(F)(F)F)ccc3n2)c(F)cc1Cl)CNC(=O)c1ccccc1O. The Balaban J connectivity index is 1.35. The van der Waals surface area contributed by atoms with E-state index in [2.05, 4.69) is 20.4 Å². The maximum atomic E-state index is 15.1. The van der Waals surface area contributed by atoms with Gasteiger partial charge in [0, 0.05) is 28.9 Å². The van der Waals surface area contributed by atoms with Crippen molar-refractivity contribution < 1.29 is 27.5 Å². The van der Waals surface area contributed by atoms with Crippen LogP contribution in [0.15, 0.2) is 73.1 Å². The fourth-order valence-electron chi connectivity index (χ4n) is 4.62. The number of alkyl halides is 3. The summed E-state index contributed by atoms with van der Waals surface area (Å²) in [6, 6.07) is 14.6. The molecule has 7 nitrogen and oxygen atoms in total. The molecule has 3 aromatic heterocycles. The van der Waals surface area contributed by atoms with Crippen molar-refractivity contribution in [1.82, 2.24) is 24.9 Å². The Morgan fingerprint density at radius 2 is 1.79 bits per heavy atom. The molecule has 0 aliphatic heterocycles. The van der Waals surface area contributed by atoms with Crippen LogP contribution in [0.1, 0.15) is 41.9 Å². The van der Waals surface area contributed by atoms with Crippen LogP contribution < -0.4 is 5.32 Å². The Morgan fingerprint density at radius 1 is 1.02 bits per heavy atom. The van der Waals surface area contributed by atoms with Gasteiger partial charge in [-0.1, -0.05) is 37.6 Å². The number of imidazole rings is 1. The number of phenolic OH excluding ortho intramolecular Hbond substituents is 1. The van der Waals surface area contributed by atoms with E-state index < -0.39 is 23.6 Å². The van der Waals surface area contributed by atoms with Crippen molar-refractivity contribution in [3.63, 3.8) is 0 Å². The molecule has 43 heavy (non-hydrogen) atoms. The first-order chi connectivity index (χ1) is 20.3. The molecule has 5 aromatic rings. The van der Waals surface area contributed by atoms with Gasteiger partial charge in [0.15, 0.2) is 11.3 Å². The van der Waals surface area contributed by atoms with Crippen molar-refractivity contribution >= 4 is 23.2 Å². The molecule has 0 fully saturated rings. The van der Waals surface area contributed by atoms with Gasteiger partial charge >= 0.3 is 6.18 Å². The minimum atomic E-state index is -4.67. The Bertz CT molecular complexity index is 1820. The number of carbonyl (C=O) groups excluding carboxylic acids is 1. The second-order valence-corrected chi connectivity index (χ2v) is 11.2. The van der Waals surface area contributed by atoms with Crippen LogP contribution in [-0.2, 0) is 12.6 Å². The lowest BCUT2D eigenvalue weighted by Crippen LogP contribution is -2.34. The normalized spacial score (nSPS) is 12.1. The smallest absolute Gasteiger partial charge is 0.434 e. The molecule has 0 saturated carbocycles. The van der Waals surface area contributed by atoms with Crippen LogP contribution in [0, 0.1) is 11.2 Å². The average Bonchev–Trinajstić information content (AvgIpc) is 3.38. The highest BCUT2D eigenvalue weighted by Crippen LogP contribution is 2.35. The third-order valence-corrected chi connectivity index (χ3v) is 7.38. The molecule has 3 heterocycles. The first-order valence-electron chi connectivity index (χ1n) is 13.3. The van der Waals surface area contributed by atoms with Gasteiger partial charge in [-0.15, -0.1) is 0 Å². The van der Waals surface area contributed by atoms with Crippen molar-refractivity contribution in [2.45, 2.75) is 32.9 Å². The highest BCUT2D eigenvalue weighted by Gasteiger charge is 2.36. The maximum absolute atomic E-state index is 15.1. The lowest BCUT2D eigenvalue weighted by atomic mass is 9.85. The monoisotopic (exact) mass is 611 g/mol. The summed E-state index contributed by atoms with van der Waals surface area (Å²) in [5.41, 5.74) is -0.0370. The zero-order valence-corrected chi connectivity index (χ0v) is 23.8. The first-order valence-corrected chi connectivity index (χ1v) is 13.6. The summed E-state index contributed by atoms with van der Waals surface area (Å²) < 4.78 is 56.9. The number of carbonyl (C=O) groups is 1. The van der Waals surface area contributed by atoms with Crippen molar-refractivity contribution in [2.24, 2.45) is 5.41 Å². The molecule has 5 rings (SSSR count). The van der Waals surface area contributed by atoms with Crippen LogP contribution in [0.4, 0.5) is 17.6 Å². The zero-order chi connectivity index (χ0) is 30.9. The number of aromatic hydroxyl groups is 1. The van der Waals surface area contributed by atoms with Gasteiger partial charge in [-0.2, -0.15) is 18.3 Å². The van der Waals surface area contributed by atoms with Crippen LogP contribution in [-0.4, -0.2) is 37.1 Å². The number of para-hydroxylation sites is 1. The molecule has 0 unspecified atom stereocenters. The van der Waals surface area contributed by atoms with Gasteiger partial charge < -0.3 is 10.4 Å². The summed E-state index contributed by atoms with van der Waals surface area (Å²) in [5.74, 6) is -1.11. The summed E-state index contributed by atoms with van der Waals surface area (Å²) >= 11 is 6.39. The largest absolute Gasteiger partial charge is 0.507 e. The van der Waals surface area contributed by atoms with Crippen LogP contribution >= 0.6 is 11.6 Å². The maximum Gasteiger partial charge on any atom is 0.434 e. The van der Waals surface area contributed by atoms with Crippen LogP contribution in [0.25, 0.3) is 28.2 Å². The van der Waals surface area contributed by atoms with Gasteiger partial charge in [0.1, 0.15) is 11.6 Å². The summed E-state index contributed by atoms with van der Waals surface area (Å²) in [6.45, 7) is 4.25. The second-order valence-electron chi connectivity index (χ2n) is 10.8. The van der Waals surface area contributed by atoms with Crippen molar-refractivity contribution in [1.29, 1.82) is 0 Å². The topological polar surface area (TPSA) is 92.4 Å². The van der Waals surface area contributed by atoms with Crippen molar-refractivity contribution in [2.75, 3.05) is 6.54 Å². The number of aryl methyl sites for hydroxylation is 1. The molecule has 2 aromatic carbocycles. The molecule has 2 N–H and O–H groups in total. The number of fused-ring (bicyclic) bond motifs is 1. The van der Waals surface area contributed by atoms with Crippen LogP contribution in [0.5, 0.6) is 5.75 Å². The Morgan fingerprint density at radius 3 is 2.53 bits per heavy atom. The fourth-order valence-corrected chi connectivity index (χ4v) is 4.86. The summed E-state index contributed by atoms with van der Waals surface area (Å²) in [4.78, 5) is 20.4. The Kier molecular flexibility index (Phi) is 8.11. The van der Waals surface area contributed by atoms with E-state index in [0.29, 0.717) is 30.6 Å². The molecule has 1 amide bonds. The molecule has 0 radical (unpaired) electrons. The number of halogens is 5. The predicted octanol–water partition coefficient (Wildman–Crippen LogP) is 7.36. The number of pyridine rings is 1. The molecule has 0 saturated heterocycles. The third-order valence-electron chi connectivity index (χ3n) is 7.03. The minimum Gasteiger partial charge on any atom is -0.507 e. The number of benzene rings is 2. The van der Waals surface area contributed by atoms with Gasteiger partial charge in [-0.25, -0.2) is 13.9 Å². The molecule has 0 atom stereocenters. The van der Waals surface area contributed by atoms with E-state index in [0.717, 1.165) is 6.20 Å². The number of aromatic nitrogens is 4. The Labute approximate surface area is 249 Å². The van der Waals surface area contributed by atoms with E-state index in [1.54, 1.807) is 18.2 Å². The quantitative estimate of drug-likeness (QED) is 0.179. The van der Waals surface area contributed by atoms with E-state index in [9.17, 15) is 23.1 Å². The highest BCUT2D eigenvalue weighted by molar-refractivity contribution is 6.31. The van der Waals surface area contributed by atoms with Gasteiger partial charge in [0.05, 0.1) is 23.1 Å². The van der Waals surface area contributed by atoms with E-state index in [1.165, 1.54) is 53.2 Å². The highest BCUT2D eigenvalue weighted by atomic mass is 35.5. The van der Waals surface area contributed by atoms with Crippen molar-refractivity contribution in [3.8, 4) is 28.3 Å². The summed E-state index contributed by atoms with van der Waals surface area (Å²) in [5, 5.41) is 17.3. The number of nitrogens with one attached hydrogen (secondary N) is 1. The molecular formula is C31H26ClF4N5O2. The first kappa shape index (κ1) is 30.0. The Hall–Kier alpha value is -4.51. The van der Waals surface area contributed by atoms with Gasteiger partial charge in [-0.05, 0) is 72.4 Å². The third kappa shape index (κ3) is 6.61. The molecule has 222 valence electrons. The van der Waals surface area contributed by atoms with Crippen LogP contribution in [0.2, 0.25) is 5.02 Å². The van der Waals surface area contributed by atoms with E-state index in [1.807, 2.05) is 13.8 Å². The summed E-state index contributed by atoms with van der Waals surface area (Å²) in [7, 11) is 0. The van der Waals surface area contributed by atoms with Gasteiger partial charge in [0.2, 0.25) is 0 Å². The number of hydrogen-bond donors (Lipinski definition) is 2. The fraction of sp³-hybridized carbons (Fsp3) is 0.226. The van der Waals surface area contributed by atoms with Crippen LogP contribution in [0.3, 0.4) is 0 Å². The molecule has 0 aliphatic rings. The summed E-state index contributed by atoms with van der Waals surface area (Å²) in [6.07, 6.45) is -1.11. The number of nitrogens with zero attached hydrogens (tertiary/aromatic N) is 4. The zero-order valence-electron chi connectivity index (χ0n) is 23.1. The number of amides is 1. The molecule has 0 spiro atoms. The average molecular weight is 612 g/mol. The minimum absolute atomic E-state index is 0.0333. The predicted molar refractivity (Wildman–Crippen MR) is 154 cm³/mol. The second kappa shape index (κ2) is 11.6. The molecule has 0 bridgehead atoms. The van der Waals surface area contributed by atoms with Gasteiger partial charge in [-0.3, -0.25) is 9.78 Å². The van der Waals surface area contributed by atoms with E-state index in [4.69, 9.17) is 11.6 Å². The molecular weight excluding hydrogens is 586 g/mol. The van der Waals surface area contributed by atoms with E-state index in [-0.39, 0.29) is 44.3 Å². The number of hydrogen-bond acceptors (Lipinski definition) is 5. The molecule has 0 aliphatic carbocycles. The van der Waals surface area contributed by atoms with E-state index >= 15 is 4.39 Å². The number of phenols is 1. The molecule has 12 heteroatoms. The standard InChI is InChI=1S/C31H26ClF4N5O2/c1-30(2,17-38-29(43)20-6-3-4-8-26(20)42)12-11-18-14-21(23(33)15-22(18)32)25-16-41-27(39-25)10-9-24(40-41)19-7-5-13-37-28(19)31(34,35)36/h3-10,13-16,42H,11-12,17H2,1-2H3,(H,38,43). The van der Waals surface area contributed by atoms with Crippen molar-refractivity contribution in [3.05, 3.63) is 101 Å². The van der Waals surface area contributed by atoms with Gasteiger partial charge in [0.25, 0.3) is 5.91 Å². The number of rotatable bonds is 8. The lowest BCUT2D eigenvalue weighted by molar-refractivity contribution is -0.140. The lowest BCUT2D eigenvalue weighted by Gasteiger charge is -2.25.